The molecule has 2 aromatic heterocycles. The lowest BCUT2D eigenvalue weighted by atomic mass is 10.2. The molecule has 0 saturated carbocycles. The number of halogens is 1. The zero-order valence-electron chi connectivity index (χ0n) is 9.98. The average molecular weight is 314 g/mol. The smallest absolute Gasteiger partial charge is 0.0701 e. The van der Waals surface area contributed by atoms with Gasteiger partial charge in [0.2, 0.25) is 0 Å². The Kier molecular flexibility index (Phi) is 4.36. The fourth-order valence-corrected chi connectivity index (χ4v) is 3.29. The molecular weight excluding hydrogens is 298 g/mol. The van der Waals surface area contributed by atoms with Crippen LogP contribution in [0.5, 0.6) is 0 Å². The molecule has 2 rings (SSSR count). The number of rotatable bonds is 5. The Hall–Kier alpha value is -0.650. The van der Waals surface area contributed by atoms with Gasteiger partial charge in [-0.25, -0.2) is 0 Å². The molecule has 3 nitrogen and oxygen atoms in total. The lowest BCUT2D eigenvalue weighted by Crippen LogP contribution is -2.23. The predicted octanol–water partition coefficient (Wildman–Crippen LogP) is 3.14. The van der Waals surface area contributed by atoms with Crippen LogP contribution in [0.3, 0.4) is 0 Å². The largest absolute Gasteiger partial charge is 0.309 e. The number of aromatic nitrogens is 2. The van der Waals surface area contributed by atoms with Gasteiger partial charge in [-0.1, -0.05) is 0 Å². The molecule has 17 heavy (non-hydrogen) atoms. The van der Waals surface area contributed by atoms with Gasteiger partial charge >= 0.3 is 0 Å². The molecule has 0 radical (unpaired) electrons. The molecule has 0 fully saturated rings. The van der Waals surface area contributed by atoms with Gasteiger partial charge in [0, 0.05) is 30.7 Å². The van der Waals surface area contributed by atoms with Crippen molar-refractivity contribution in [3.63, 3.8) is 0 Å². The number of thiophene rings is 1. The van der Waals surface area contributed by atoms with Gasteiger partial charge in [0.25, 0.3) is 0 Å². The minimum Gasteiger partial charge on any atom is -0.309 e. The minimum atomic E-state index is 0.339. The Balaban J connectivity index is 1.81. The van der Waals surface area contributed by atoms with Gasteiger partial charge in [0.15, 0.2) is 0 Å². The van der Waals surface area contributed by atoms with E-state index in [0.717, 1.165) is 13.0 Å². The van der Waals surface area contributed by atoms with Crippen molar-refractivity contribution in [3.05, 3.63) is 38.8 Å². The fourth-order valence-electron chi connectivity index (χ4n) is 1.81. The minimum absolute atomic E-state index is 0.339. The van der Waals surface area contributed by atoms with Crippen molar-refractivity contribution in [2.45, 2.75) is 19.4 Å². The Morgan fingerprint density at radius 3 is 2.88 bits per heavy atom. The molecule has 5 heteroatoms. The van der Waals surface area contributed by atoms with E-state index >= 15 is 0 Å². The first kappa shape index (κ1) is 12.8. The van der Waals surface area contributed by atoms with E-state index in [1.165, 1.54) is 14.4 Å². The van der Waals surface area contributed by atoms with Crippen LogP contribution in [0.25, 0.3) is 0 Å². The topological polar surface area (TPSA) is 29.9 Å². The molecule has 0 bridgehead atoms. The van der Waals surface area contributed by atoms with Crippen molar-refractivity contribution in [1.82, 2.24) is 15.1 Å². The van der Waals surface area contributed by atoms with Crippen LogP contribution < -0.4 is 5.32 Å². The molecule has 0 aliphatic rings. The van der Waals surface area contributed by atoms with Gasteiger partial charge in [-0.05, 0) is 47.5 Å². The van der Waals surface area contributed by atoms with E-state index in [4.69, 9.17) is 0 Å². The van der Waals surface area contributed by atoms with E-state index in [0.29, 0.717) is 6.04 Å². The van der Waals surface area contributed by atoms with Crippen molar-refractivity contribution in [2.24, 2.45) is 7.05 Å². The molecule has 0 spiro atoms. The maximum atomic E-state index is 4.18. The highest BCUT2D eigenvalue weighted by Crippen LogP contribution is 2.22. The van der Waals surface area contributed by atoms with Crippen LogP contribution in [-0.4, -0.2) is 16.3 Å². The lowest BCUT2D eigenvalue weighted by Gasteiger charge is -2.13. The Morgan fingerprint density at radius 2 is 2.29 bits per heavy atom. The number of nitrogens with zero attached hydrogens (tertiary/aromatic N) is 2. The van der Waals surface area contributed by atoms with Crippen molar-refractivity contribution in [1.29, 1.82) is 0 Å². The maximum Gasteiger partial charge on any atom is 0.0701 e. The molecule has 1 atom stereocenters. The molecule has 2 heterocycles. The van der Waals surface area contributed by atoms with Gasteiger partial charge in [0.1, 0.15) is 0 Å². The Morgan fingerprint density at radius 1 is 1.47 bits per heavy atom. The third-order valence-electron chi connectivity index (χ3n) is 2.75. The monoisotopic (exact) mass is 313 g/mol. The first-order valence-electron chi connectivity index (χ1n) is 5.62. The second kappa shape index (κ2) is 5.80. The fraction of sp³-hybridized carbons (Fsp3) is 0.417. The normalized spacial score (nSPS) is 12.9. The predicted molar refractivity (Wildman–Crippen MR) is 75.3 cm³/mol. The summed E-state index contributed by atoms with van der Waals surface area (Å²) in [5.74, 6) is 0. The quantitative estimate of drug-likeness (QED) is 0.919. The summed E-state index contributed by atoms with van der Waals surface area (Å²) in [5.41, 5.74) is 1.22. The van der Waals surface area contributed by atoms with Crippen LogP contribution in [0.4, 0.5) is 0 Å². The van der Waals surface area contributed by atoms with Crippen LogP contribution in [0, 0.1) is 0 Å². The second-order valence-electron chi connectivity index (χ2n) is 4.01. The summed E-state index contributed by atoms with van der Waals surface area (Å²) < 4.78 is 3.12. The number of hydrogen-bond acceptors (Lipinski definition) is 3. The van der Waals surface area contributed by atoms with Gasteiger partial charge in [-0.3, -0.25) is 4.68 Å². The summed E-state index contributed by atoms with van der Waals surface area (Å²) in [6, 6.07) is 6.67. The standard InChI is InChI=1S/C12H16BrN3S/c1-9(11-6-8-15-16(11)2)14-7-5-10-3-4-12(13)17-10/h3-4,6,8-9,14H,5,7H2,1-2H3. The van der Waals surface area contributed by atoms with E-state index in [1.54, 1.807) is 11.3 Å². The lowest BCUT2D eigenvalue weighted by molar-refractivity contribution is 0.534. The van der Waals surface area contributed by atoms with Crippen LogP contribution >= 0.6 is 27.3 Å². The average Bonchev–Trinajstić information content (AvgIpc) is 2.87. The van der Waals surface area contributed by atoms with Crippen molar-refractivity contribution < 1.29 is 0 Å². The number of aryl methyl sites for hydroxylation is 1. The van der Waals surface area contributed by atoms with Gasteiger partial charge in [-0.2, -0.15) is 5.10 Å². The molecular formula is C12H16BrN3S. The third kappa shape index (κ3) is 3.40. The highest BCUT2D eigenvalue weighted by atomic mass is 79.9. The Labute approximate surface area is 114 Å². The van der Waals surface area contributed by atoms with E-state index in [1.807, 2.05) is 17.9 Å². The zero-order chi connectivity index (χ0) is 12.3. The molecule has 2 aromatic rings. The molecule has 0 aromatic carbocycles. The van der Waals surface area contributed by atoms with E-state index < -0.39 is 0 Å². The van der Waals surface area contributed by atoms with Crippen LogP contribution in [-0.2, 0) is 13.5 Å². The SMILES string of the molecule is CC(NCCc1ccc(Br)s1)c1ccnn1C. The van der Waals surface area contributed by atoms with E-state index in [-0.39, 0.29) is 0 Å². The van der Waals surface area contributed by atoms with E-state index in [2.05, 4.69) is 51.5 Å². The van der Waals surface area contributed by atoms with Crippen LogP contribution in [0.2, 0.25) is 0 Å². The summed E-state index contributed by atoms with van der Waals surface area (Å²) in [6.07, 6.45) is 2.91. The summed E-state index contributed by atoms with van der Waals surface area (Å²) in [7, 11) is 1.98. The molecule has 1 N–H and O–H groups in total. The van der Waals surface area contributed by atoms with E-state index in [9.17, 15) is 0 Å². The van der Waals surface area contributed by atoms with Crippen molar-refractivity contribution in [3.8, 4) is 0 Å². The second-order valence-corrected chi connectivity index (χ2v) is 6.56. The van der Waals surface area contributed by atoms with Crippen LogP contribution in [0.15, 0.2) is 28.2 Å². The molecule has 0 amide bonds. The summed E-state index contributed by atoms with van der Waals surface area (Å²) in [5, 5.41) is 7.69. The molecule has 1 unspecified atom stereocenters. The van der Waals surface area contributed by atoms with Gasteiger partial charge in [0.05, 0.1) is 9.48 Å². The third-order valence-corrected chi connectivity index (χ3v) is 4.44. The number of hydrogen-bond donors (Lipinski definition) is 1. The zero-order valence-corrected chi connectivity index (χ0v) is 12.4. The molecule has 92 valence electrons. The summed E-state index contributed by atoms with van der Waals surface area (Å²) in [4.78, 5) is 1.40. The highest BCUT2D eigenvalue weighted by Gasteiger charge is 2.08. The van der Waals surface area contributed by atoms with Gasteiger partial charge < -0.3 is 5.32 Å². The Bertz CT molecular complexity index is 478. The maximum absolute atomic E-state index is 4.18. The first-order chi connectivity index (χ1) is 8.16. The molecule has 0 aliphatic carbocycles. The highest BCUT2D eigenvalue weighted by molar-refractivity contribution is 9.11. The van der Waals surface area contributed by atoms with Crippen molar-refractivity contribution >= 4 is 27.3 Å². The van der Waals surface area contributed by atoms with Crippen molar-refractivity contribution in [2.75, 3.05) is 6.54 Å². The molecule has 0 aliphatic heterocycles. The van der Waals surface area contributed by atoms with Crippen LogP contribution in [0.1, 0.15) is 23.5 Å². The van der Waals surface area contributed by atoms with Gasteiger partial charge in [-0.15, -0.1) is 11.3 Å². The summed E-state index contributed by atoms with van der Waals surface area (Å²) >= 11 is 5.28. The first-order valence-corrected chi connectivity index (χ1v) is 7.23. The molecule has 0 saturated heterocycles. The summed E-state index contributed by atoms with van der Waals surface area (Å²) in [6.45, 7) is 3.15. The number of nitrogens with one attached hydrogen (secondary N) is 1.